The van der Waals surface area contributed by atoms with Crippen molar-refractivity contribution in [2.45, 2.75) is 51.3 Å². The van der Waals surface area contributed by atoms with Crippen molar-refractivity contribution in [1.82, 2.24) is 10.2 Å². The zero-order valence-corrected chi connectivity index (χ0v) is 13.8. The van der Waals surface area contributed by atoms with E-state index in [0.29, 0.717) is 6.04 Å². The van der Waals surface area contributed by atoms with Crippen molar-refractivity contribution in [2.75, 3.05) is 26.7 Å². The first kappa shape index (κ1) is 16.5. The summed E-state index contributed by atoms with van der Waals surface area (Å²) >= 11 is 0. The van der Waals surface area contributed by atoms with Crippen LogP contribution >= 0.6 is 0 Å². The second-order valence-corrected chi connectivity index (χ2v) is 6.73. The van der Waals surface area contributed by atoms with Gasteiger partial charge in [-0.05, 0) is 51.8 Å². The van der Waals surface area contributed by atoms with Crippen molar-refractivity contribution in [3.8, 4) is 0 Å². The first-order valence-corrected chi connectivity index (χ1v) is 8.14. The molecule has 0 spiro atoms. The van der Waals surface area contributed by atoms with E-state index in [2.05, 4.69) is 54.4 Å². The largest absolute Gasteiger partial charge is 0.379 e. The van der Waals surface area contributed by atoms with Crippen LogP contribution in [0.25, 0.3) is 0 Å². The van der Waals surface area contributed by atoms with Gasteiger partial charge in [-0.15, -0.1) is 0 Å². The molecule has 0 bridgehead atoms. The highest BCUT2D eigenvalue weighted by molar-refractivity contribution is 5.14. The van der Waals surface area contributed by atoms with Gasteiger partial charge in [0, 0.05) is 26.2 Å². The lowest BCUT2D eigenvalue weighted by Gasteiger charge is -2.34. The van der Waals surface area contributed by atoms with E-state index in [9.17, 15) is 0 Å². The molecular weight excluding hydrogens is 260 g/mol. The number of piperidine rings is 1. The fourth-order valence-corrected chi connectivity index (χ4v) is 2.89. The lowest BCUT2D eigenvalue weighted by Crippen LogP contribution is -2.46. The van der Waals surface area contributed by atoms with Crippen molar-refractivity contribution in [2.24, 2.45) is 0 Å². The van der Waals surface area contributed by atoms with Gasteiger partial charge in [0.15, 0.2) is 0 Å². The number of nitrogens with one attached hydrogen (secondary N) is 1. The van der Waals surface area contributed by atoms with Crippen LogP contribution in [0.2, 0.25) is 0 Å². The molecule has 1 atom stereocenters. The maximum atomic E-state index is 5.48. The number of methoxy groups -OCH3 is 1. The smallest absolute Gasteiger partial charge is 0.0634 e. The standard InChI is InChI=1S/C18H30N2O/c1-18(2,21-3)11-12-19-17-10-7-13-20(15-17)14-16-8-5-4-6-9-16/h4-6,8-9,17,19H,7,10-15H2,1-3H3. The zero-order chi connectivity index (χ0) is 15.1. The molecule has 1 N–H and O–H groups in total. The van der Waals surface area contributed by atoms with Crippen molar-refractivity contribution >= 4 is 0 Å². The number of benzene rings is 1. The molecule has 1 aliphatic heterocycles. The summed E-state index contributed by atoms with van der Waals surface area (Å²) in [5, 5.41) is 3.71. The average Bonchev–Trinajstić information content (AvgIpc) is 2.48. The normalized spacial score (nSPS) is 20.6. The van der Waals surface area contributed by atoms with Gasteiger partial charge in [-0.25, -0.2) is 0 Å². The zero-order valence-electron chi connectivity index (χ0n) is 13.8. The third kappa shape index (κ3) is 5.77. The van der Waals surface area contributed by atoms with Crippen LogP contribution in [-0.4, -0.2) is 43.3 Å². The number of likely N-dealkylation sites (tertiary alicyclic amines) is 1. The summed E-state index contributed by atoms with van der Waals surface area (Å²) in [5.74, 6) is 0. The summed E-state index contributed by atoms with van der Waals surface area (Å²) in [6, 6.07) is 11.4. The van der Waals surface area contributed by atoms with Crippen LogP contribution < -0.4 is 5.32 Å². The van der Waals surface area contributed by atoms with Crippen molar-refractivity contribution in [1.29, 1.82) is 0 Å². The topological polar surface area (TPSA) is 24.5 Å². The first-order chi connectivity index (χ1) is 10.1. The van der Waals surface area contributed by atoms with E-state index in [0.717, 1.165) is 26.1 Å². The molecule has 118 valence electrons. The third-order valence-corrected chi connectivity index (χ3v) is 4.47. The summed E-state index contributed by atoms with van der Waals surface area (Å²) in [6.07, 6.45) is 3.63. The lowest BCUT2D eigenvalue weighted by molar-refractivity contribution is 0.0147. The summed E-state index contributed by atoms with van der Waals surface area (Å²) in [5.41, 5.74) is 1.39. The monoisotopic (exact) mass is 290 g/mol. The van der Waals surface area contributed by atoms with Crippen LogP contribution in [0.15, 0.2) is 30.3 Å². The molecule has 1 aliphatic rings. The number of hydrogen-bond acceptors (Lipinski definition) is 3. The van der Waals surface area contributed by atoms with Crippen LogP contribution in [0.3, 0.4) is 0 Å². The molecule has 1 unspecified atom stereocenters. The van der Waals surface area contributed by atoms with E-state index in [4.69, 9.17) is 4.74 Å². The predicted octanol–water partition coefficient (Wildman–Crippen LogP) is 3.06. The minimum atomic E-state index is -0.0224. The van der Waals surface area contributed by atoms with Gasteiger partial charge in [0.2, 0.25) is 0 Å². The number of hydrogen-bond donors (Lipinski definition) is 1. The minimum absolute atomic E-state index is 0.0224. The fraction of sp³-hybridized carbons (Fsp3) is 0.667. The van der Waals surface area contributed by atoms with E-state index in [-0.39, 0.29) is 5.60 Å². The Kier molecular flexibility index (Phi) is 6.22. The highest BCUT2D eigenvalue weighted by Gasteiger charge is 2.21. The fourth-order valence-electron chi connectivity index (χ4n) is 2.89. The first-order valence-electron chi connectivity index (χ1n) is 8.14. The predicted molar refractivity (Wildman–Crippen MR) is 88.4 cm³/mol. The molecule has 3 nitrogen and oxygen atoms in total. The van der Waals surface area contributed by atoms with Gasteiger partial charge < -0.3 is 10.1 Å². The van der Waals surface area contributed by atoms with Gasteiger partial charge in [0.05, 0.1) is 5.60 Å². The van der Waals surface area contributed by atoms with Crippen molar-refractivity contribution in [3.05, 3.63) is 35.9 Å². The summed E-state index contributed by atoms with van der Waals surface area (Å²) in [4.78, 5) is 2.57. The van der Waals surface area contributed by atoms with Crippen LogP contribution in [0.4, 0.5) is 0 Å². The molecule has 0 aliphatic carbocycles. The Morgan fingerprint density at radius 2 is 2.05 bits per heavy atom. The summed E-state index contributed by atoms with van der Waals surface area (Å²) in [6.45, 7) is 8.78. The third-order valence-electron chi connectivity index (χ3n) is 4.47. The van der Waals surface area contributed by atoms with E-state index >= 15 is 0 Å². The van der Waals surface area contributed by atoms with E-state index in [1.807, 2.05) is 0 Å². The molecule has 0 amide bonds. The molecule has 1 saturated heterocycles. The van der Waals surface area contributed by atoms with Gasteiger partial charge in [-0.3, -0.25) is 4.90 Å². The van der Waals surface area contributed by atoms with Crippen LogP contribution in [0, 0.1) is 0 Å². The van der Waals surface area contributed by atoms with Gasteiger partial charge in [0.25, 0.3) is 0 Å². The van der Waals surface area contributed by atoms with Crippen molar-refractivity contribution in [3.63, 3.8) is 0 Å². The molecule has 0 radical (unpaired) electrons. The van der Waals surface area contributed by atoms with Crippen molar-refractivity contribution < 1.29 is 4.74 Å². The maximum Gasteiger partial charge on any atom is 0.0634 e. The molecule has 1 aromatic rings. The Labute approximate surface area is 129 Å². The van der Waals surface area contributed by atoms with Gasteiger partial charge >= 0.3 is 0 Å². The molecule has 21 heavy (non-hydrogen) atoms. The molecule has 0 aromatic heterocycles. The number of nitrogens with zero attached hydrogens (tertiary/aromatic N) is 1. The SMILES string of the molecule is COC(C)(C)CCNC1CCCN(Cc2ccccc2)C1. The Morgan fingerprint density at radius 3 is 2.76 bits per heavy atom. The molecule has 3 heteroatoms. The molecule has 1 aromatic carbocycles. The van der Waals surface area contributed by atoms with E-state index in [1.54, 1.807) is 7.11 Å². The maximum absolute atomic E-state index is 5.48. The molecular formula is C18H30N2O. The van der Waals surface area contributed by atoms with Crippen LogP contribution in [0.1, 0.15) is 38.7 Å². The summed E-state index contributed by atoms with van der Waals surface area (Å²) in [7, 11) is 1.79. The van der Waals surface area contributed by atoms with Gasteiger partial charge in [-0.1, -0.05) is 30.3 Å². The number of ether oxygens (including phenoxy) is 1. The highest BCUT2D eigenvalue weighted by Crippen LogP contribution is 2.15. The van der Waals surface area contributed by atoms with Crippen LogP contribution in [-0.2, 0) is 11.3 Å². The lowest BCUT2D eigenvalue weighted by atomic mass is 10.0. The number of rotatable bonds is 7. The van der Waals surface area contributed by atoms with E-state index < -0.39 is 0 Å². The Balaban J connectivity index is 1.73. The molecule has 1 fully saturated rings. The Hall–Kier alpha value is -0.900. The quantitative estimate of drug-likeness (QED) is 0.835. The van der Waals surface area contributed by atoms with Gasteiger partial charge in [-0.2, -0.15) is 0 Å². The molecule has 2 rings (SSSR count). The summed E-state index contributed by atoms with van der Waals surface area (Å²) < 4.78 is 5.48. The minimum Gasteiger partial charge on any atom is -0.379 e. The Morgan fingerprint density at radius 1 is 1.29 bits per heavy atom. The average molecular weight is 290 g/mol. The van der Waals surface area contributed by atoms with Crippen LogP contribution in [0.5, 0.6) is 0 Å². The molecule has 0 saturated carbocycles. The Bertz CT molecular complexity index is 405. The second kappa shape index (κ2) is 7.92. The molecule has 1 heterocycles. The second-order valence-electron chi connectivity index (χ2n) is 6.73. The van der Waals surface area contributed by atoms with Gasteiger partial charge in [0.1, 0.15) is 0 Å². The van der Waals surface area contributed by atoms with E-state index in [1.165, 1.54) is 24.9 Å². The highest BCUT2D eigenvalue weighted by atomic mass is 16.5.